The molecule has 0 aliphatic heterocycles. The summed E-state index contributed by atoms with van der Waals surface area (Å²) in [5, 5.41) is 3.34. The normalized spacial score (nSPS) is 11.8. The van der Waals surface area contributed by atoms with Gasteiger partial charge in [0, 0.05) is 5.39 Å². The number of ether oxygens (including phenoxy) is 1. The van der Waals surface area contributed by atoms with E-state index in [4.69, 9.17) is 9.15 Å². The lowest BCUT2D eigenvalue weighted by molar-refractivity contribution is -0.124. The smallest absolute Gasteiger partial charge is 0.339 e. The van der Waals surface area contributed by atoms with Crippen molar-refractivity contribution < 1.29 is 23.1 Å². The van der Waals surface area contributed by atoms with Gasteiger partial charge in [0.2, 0.25) is 0 Å². The van der Waals surface area contributed by atoms with Gasteiger partial charge >= 0.3 is 5.97 Å². The van der Waals surface area contributed by atoms with Crippen molar-refractivity contribution in [3.05, 3.63) is 89.9 Å². The second-order valence-corrected chi connectivity index (χ2v) is 6.97. The highest BCUT2D eigenvalue weighted by Crippen LogP contribution is 2.25. The third-order valence-corrected chi connectivity index (χ3v) is 4.79. The Morgan fingerprint density at radius 1 is 1.10 bits per heavy atom. The number of halogens is 1. The van der Waals surface area contributed by atoms with Gasteiger partial charge in [-0.25, -0.2) is 14.2 Å². The Kier molecular flexibility index (Phi) is 5.75. The van der Waals surface area contributed by atoms with Crippen molar-refractivity contribution in [2.75, 3.05) is 6.61 Å². The van der Waals surface area contributed by atoms with E-state index in [0.29, 0.717) is 22.4 Å². The van der Waals surface area contributed by atoms with E-state index in [0.717, 1.165) is 5.56 Å². The fourth-order valence-electron chi connectivity index (χ4n) is 3.22. The summed E-state index contributed by atoms with van der Waals surface area (Å²) in [7, 11) is 0. The van der Waals surface area contributed by atoms with Crippen LogP contribution in [0.15, 0.2) is 77.4 Å². The van der Waals surface area contributed by atoms with E-state index in [9.17, 15) is 14.0 Å². The standard InChI is InChI=1S/C24H19FN2O4/c1-15(16-8-10-17(25)11-9-16)26-23(28)14-31-24(29)19-13-21(22-7-4-12-30-22)27-20-6-3-2-5-18(19)20/h2-13,15H,14H2,1H3,(H,26,28). The Balaban J connectivity index is 1.48. The van der Waals surface area contributed by atoms with Gasteiger partial charge in [0.15, 0.2) is 12.4 Å². The summed E-state index contributed by atoms with van der Waals surface area (Å²) < 4.78 is 23.7. The van der Waals surface area contributed by atoms with Crippen LogP contribution in [-0.4, -0.2) is 23.5 Å². The number of nitrogens with zero attached hydrogens (tertiary/aromatic N) is 1. The lowest BCUT2D eigenvalue weighted by Gasteiger charge is -2.14. The highest BCUT2D eigenvalue weighted by molar-refractivity contribution is 6.05. The number of furan rings is 1. The van der Waals surface area contributed by atoms with Crippen molar-refractivity contribution in [2.45, 2.75) is 13.0 Å². The quantitative estimate of drug-likeness (QED) is 0.460. The average molecular weight is 418 g/mol. The summed E-state index contributed by atoms with van der Waals surface area (Å²) in [5.41, 5.74) is 2.13. The molecule has 4 rings (SSSR count). The lowest BCUT2D eigenvalue weighted by atomic mass is 10.1. The van der Waals surface area contributed by atoms with Crippen LogP contribution in [0.5, 0.6) is 0 Å². The first-order valence-corrected chi connectivity index (χ1v) is 9.67. The maximum absolute atomic E-state index is 13.1. The molecule has 4 aromatic rings. The summed E-state index contributed by atoms with van der Waals surface area (Å²) in [5.74, 6) is -0.939. The average Bonchev–Trinajstić information content (AvgIpc) is 3.32. The van der Waals surface area contributed by atoms with Gasteiger partial charge in [-0.15, -0.1) is 0 Å². The lowest BCUT2D eigenvalue weighted by Crippen LogP contribution is -2.31. The maximum Gasteiger partial charge on any atom is 0.339 e. The van der Waals surface area contributed by atoms with Gasteiger partial charge in [0.25, 0.3) is 5.91 Å². The van der Waals surface area contributed by atoms with E-state index in [1.165, 1.54) is 18.4 Å². The molecule has 1 N–H and O–H groups in total. The zero-order valence-corrected chi connectivity index (χ0v) is 16.7. The third kappa shape index (κ3) is 4.61. The van der Waals surface area contributed by atoms with Gasteiger partial charge in [0.05, 0.1) is 23.4 Å². The molecular weight excluding hydrogens is 399 g/mol. The van der Waals surface area contributed by atoms with Gasteiger partial charge in [-0.2, -0.15) is 0 Å². The van der Waals surface area contributed by atoms with Crippen LogP contribution in [0, 0.1) is 5.82 Å². The minimum absolute atomic E-state index is 0.288. The van der Waals surface area contributed by atoms with Crippen molar-refractivity contribution in [3.63, 3.8) is 0 Å². The minimum atomic E-state index is -0.643. The van der Waals surface area contributed by atoms with E-state index < -0.39 is 18.5 Å². The van der Waals surface area contributed by atoms with Gasteiger partial charge < -0.3 is 14.5 Å². The largest absolute Gasteiger partial charge is 0.463 e. The van der Waals surface area contributed by atoms with Crippen LogP contribution in [0.2, 0.25) is 0 Å². The highest BCUT2D eigenvalue weighted by Gasteiger charge is 2.18. The molecule has 156 valence electrons. The molecule has 0 aliphatic rings. The van der Waals surface area contributed by atoms with Crippen LogP contribution in [-0.2, 0) is 9.53 Å². The molecule has 1 unspecified atom stereocenters. The van der Waals surface area contributed by atoms with Gasteiger partial charge in [-0.3, -0.25) is 4.79 Å². The number of para-hydroxylation sites is 1. The molecule has 2 aromatic heterocycles. The predicted octanol–water partition coefficient (Wildman–Crippen LogP) is 4.67. The Hall–Kier alpha value is -4.00. The van der Waals surface area contributed by atoms with E-state index in [1.807, 2.05) is 6.07 Å². The topological polar surface area (TPSA) is 81.4 Å². The van der Waals surface area contributed by atoms with E-state index in [1.54, 1.807) is 55.5 Å². The zero-order chi connectivity index (χ0) is 21.8. The number of rotatable bonds is 6. The molecule has 1 atom stereocenters. The number of aromatic nitrogens is 1. The zero-order valence-electron chi connectivity index (χ0n) is 16.7. The second kappa shape index (κ2) is 8.79. The van der Waals surface area contributed by atoms with Crippen LogP contribution >= 0.6 is 0 Å². The van der Waals surface area contributed by atoms with Crippen LogP contribution in [0.1, 0.15) is 28.9 Å². The Labute approximate surface area is 177 Å². The fourth-order valence-corrected chi connectivity index (χ4v) is 3.22. The monoisotopic (exact) mass is 418 g/mol. The fraction of sp³-hybridized carbons (Fsp3) is 0.125. The van der Waals surface area contributed by atoms with E-state index in [-0.39, 0.29) is 17.4 Å². The van der Waals surface area contributed by atoms with Gasteiger partial charge in [-0.1, -0.05) is 30.3 Å². The molecule has 0 saturated carbocycles. The Bertz CT molecular complexity index is 1220. The van der Waals surface area contributed by atoms with E-state index >= 15 is 0 Å². The van der Waals surface area contributed by atoms with Crippen LogP contribution in [0.25, 0.3) is 22.4 Å². The number of carbonyl (C=O) groups excluding carboxylic acids is 2. The number of nitrogens with one attached hydrogen (secondary N) is 1. The number of amides is 1. The summed E-state index contributed by atoms with van der Waals surface area (Å²) in [6.07, 6.45) is 1.52. The molecule has 0 spiro atoms. The van der Waals surface area contributed by atoms with Crippen LogP contribution < -0.4 is 5.32 Å². The van der Waals surface area contributed by atoms with Crippen LogP contribution in [0.4, 0.5) is 4.39 Å². The number of hydrogen-bond donors (Lipinski definition) is 1. The van der Waals surface area contributed by atoms with Crippen molar-refractivity contribution >= 4 is 22.8 Å². The molecule has 0 bridgehead atoms. The molecule has 0 fully saturated rings. The van der Waals surface area contributed by atoms with Gasteiger partial charge in [-0.05, 0) is 48.9 Å². The van der Waals surface area contributed by atoms with Crippen LogP contribution in [0.3, 0.4) is 0 Å². The maximum atomic E-state index is 13.1. The number of benzene rings is 2. The van der Waals surface area contributed by atoms with Crippen molar-refractivity contribution in [1.82, 2.24) is 10.3 Å². The highest BCUT2D eigenvalue weighted by atomic mass is 19.1. The van der Waals surface area contributed by atoms with Crippen molar-refractivity contribution in [3.8, 4) is 11.5 Å². The number of fused-ring (bicyclic) bond motifs is 1. The van der Waals surface area contributed by atoms with Gasteiger partial charge in [0.1, 0.15) is 11.5 Å². The first kappa shape index (κ1) is 20.3. The van der Waals surface area contributed by atoms with E-state index in [2.05, 4.69) is 10.3 Å². The molecular formula is C24H19FN2O4. The first-order chi connectivity index (χ1) is 15.0. The number of pyridine rings is 1. The summed E-state index contributed by atoms with van der Waals surface area (Å²) in [6, 6.07) is 17.7. The summed E-state index contributed by atoms with van der Waals surface area (Å²) in [4.78, 5) is 29.6. The number of carbonyl (C=O) groups is 2. The summed E-state index contributed by atoms with van der Waals surface area (Å²) >= 11 is 0. The number of hydrogen-bond acceptors (Lipinski definition) is 5. The minimum Gasteiger partial charge on any atom is -0.463 e. The third-order valence-electron chi connectivity index (χ3n) is 4.79. The van der Waals surface area contributed by atoms with Crippen molar-refractivity contribution in [2.24, 2.45) is 0 Å². The molecule has 2 aromatic carbocycles. The second-order valence-electron chi connectivity index (χ2n) is 6.97. The molecule has 7 heteroatoms. The first-order valence-electron chi connectivity index (χ1n) is 9.67. The molecule has 0 saturated heterocycles. The molecule has 31 heavy (non-hydrogen) atoms. The predicted molar refractivity (Wildman–Crippen MR) is 113 cm³/mol. The number of esters is 1. The van der Waals surface area contributed by atoms with Crippen molar-refractivity contribution in [1.29, 1.82) is 0 Å². The Morgan fingerprint density at radius 2 is 1.87 bits per heavy atom. The summed E-state index contributed by atoms with van der Waals surface area (Å²) in [6.45, 7) is 1.32. The molecule has 1 amide bonds. The Morgan fingerprint density at radius 3 is 2.61 bits per heavy atom. The molecule has 6 nitrogen and oxygen atoms in total. The molecule has 0 aliphatic carbocycles. The molecule has 0 radical (unpaired) electrons. The SMILES string of the molecule is CC(NC(=O)COC(=O)c1cc(-c2ccco2)nc2ccccc12)c1ccc(F)cc1. The molecule has 2 heterocycles.